The third-order valence-corrected chi connectivity index (χ3v) is 1.45. The number of esters is 2. The summed E-state index contributed by atoms with van der Waals surface area (Å²) in [5.41, 5.74) is -0.581. The van der Waals surface area contributed by atoms with Gasteiger partial charge in [0.15, 0.2) is 0 Å². The van der Waals surface area contributed by atoms with Gasteiger partial charge in [-0.05, 0) is 20.8 Å². The van der Waals surface area contributed by atoms with Crippen molar-refractivity contribution in [3.05, 3.63) is 0 Å². The van der Waals surface area contributed by atoms with Gasteiger partial charge in [-0.3, -0.25) is 9.59 Å². The van der Waals surface area contributed by atoms with Crippen LogP contribution in [0.25, 0.3) is 0 Å². The van der Waals surface area contributed by atoms with Crippen molar-refractivity contribution in [2.45, 2.75) is 45.3 Å². The second kappa shape index (κ2) is 5.70. The molecule has 0 aliphatic rings. The molecule has 0 aliphatic heterocycles. The highest BCUT2D eigenvalue weighted by atomic mass is 16.6. The summed E-state index contributed by atoms with van der Waals surface area (Å²) < 4.78 is 9.32. The number of aliphatic hydroxyl groups excluding tert-OH is 1. The van der Waals surface area contributed by atoms with Gasteiger partial charge in [0.05, 0.1) is 26.1 Å². The maximum atomic E-state index is 11.2. The van der Waals surface area contributed by atoms with Crippen LogP contribution in [0.15, 0.2) is 0 Å². The SMILES string of the molecule is COC(=O)C[C@@H](O)CC(=O)OC(C)(C)C. The molecule has 0 saturated carbocycles. The fourth-order valence-corrected chi connectivity index (χ4v) is 0.923. The lowest BCUT2D eigenvalue weighted by atomic mass is 10.1. The summed E-state index contributed by atoms with van der Waals surface area (Å²) >= 11 is 0. The number of ether oxygens (including phenoxy) is 2. The van der Waals surface area contributed by atoms with Crippen molar-refractivity contribution in [3.63, 3.8) is 0 Å². The lowest BCUT2D eigenvalue weighted by molar-refractivity contribution is -0.157. The van der Waals surface area contributed by atoms with Crippen LogP contribution in [0, 0.1) is 0 Å². The first kappa shape index (κ1) is 13.9. The van der Waals surface area contributed by atoms with E-state index in [0.29, 0.717) is 0 Å². The van der Waals surface area contributed by atoms with E-state index in [2.05, 4.69) is 4.74 Å². The van der Waals surface area contributed by atoms with Gasteiger partial charge in [-0.25, -0.2) is 0 Å². The Hall–Kier alpha value is -1.10. The molecule has 0 unspecified atom stereocenters. The highest BCUT2D eigenvalue weighted by Crippen LogP contribution is 2.10. The average Bonchev–Trinajstić information content (AvgIpc) is 1.99. The molecule has 15 heavy (non-hydrogen) atoms. The van der Waals surface area contributed by atoms with Crippen LogP contribution in [-0.2, 0) is 19.1 Å². The molecule has 0 fully saturated rings. The maximum absolute atomic E-state index is 11.2. The summed E-state index contributed by atoms with van der Waals surface area (Å²) in [7, 11) is 1.22. The van der Waals surface area contributed by atoms with Gasteiger partial charge in [0.25, 0.3) is 0 Å². The molecule has 0 saturated heterocycles. The molecule has 88 valence electrons. The second-order valence-corrected chi connectivity index (χ2v) is 4.22. The van der Waals surface area contributed by atoms with E-state index in [1.54, 1.807) is 20.8 Å². The summed E-state index contributed by atoms with van der Waals surface area (Å²) in [6.07, 6.45) is -1.45. The molecule has 1 N–H and O–H groups in total. The van der Waals surface area contributed by atoms with E-state index in [0.717, 1.165) is 0 Å². The van der Waals surface area contributed by atoms with E-state index in [4.69, 9.17) is 4.74 Å². The van der Waals surface area contributed by atoms with E-state index in [1.807, 2.05) is 0 Å². The second-order valence-electron chi connectivity index (χ2n) is 4.22. The normalized spacial score (nSPS) is 13.1. The molecule has 0 aromatic heterocycles. The molecule has 5 heteroatoms. The Balaban J connectivity index is 3.92. The van der Waals surface area contributed by atoms with Crippen LogP contribution >= 0.6 is 0 Å². The average molecular weight is 218 g/mol. The topological polar surface area (TPSA) is 72.8 Å². The molecule has 0 heterocycles. The Bertz CT molecular complexity index is 228. The summed E-state index contributed by atoms with van der Waals surface area (Å²) in [5.74, 6) is -1.08. The van der Waals surface area contributed by atoms with Crippen molar-refractivity contribution in [1.82, 2.24) is 0 Å². The Morgan fingerprint density at radius 1 is 1.20 bits per heavy atom. The van der Waals surface area contributed by atoms with Crippen molar-refractivity contribution >= 4 is 11.9 Å². The van der Waals surface area contributed by atoms with Crippen LogP contribution in [0.5, 0.6) is 0 Å². The van der Waals surface area contributed by atoms with Gasteiger partial charge in [0.2, 0.25) is 0 Å². The Morgan fingerprint density at radius 3 is 2.07 bits per heavy atom. The Kier molecular flexibility index (Phi) is 5.28. The van der Waals surface area contributed by atoms with Crippen LogP contribution in [0.1, 0.15) is 33.6 Å². The molecule has 0 aliphatic carbocycles. The first-order chi connectivity index (χ1) is 6.74. The minimum atomic E-state index is -1.05. The van der Waals surface area contributed by atoms with E-state index >= 15 is 0 Å². The number of hydrogen-bond acceptors (Lipinski definition) is 5. The van der Waals surface area contributed by atoms with Gasteiger partial charge in [-0.2, -0.15) is 0 Å². The lowest BCUT2D eigenvalue weighted by Gasteiger charge is -2.20. The van der Waals surface area contributed by atoms with Crippen LogP contribution in [0.3, 0.4) is 0 Å². The third-order valence-electron chi connectivity index (χ3n) is 1.45. The molecule has 0 bridgehead atoms. The van der Waals surface area contributed by atoms with Crippen LogP contribution in [0.2, 0.25) is 0 Å². The summed E-state index contributed by atoms with van der Waals surface area (Å²) in [5, 5.41) is 9.32. The van der Waals surface area contributed by atoms with Gasteiger partial charge in [0.1, 0.15) is 5.60 Å². The van der Waals surface area contributed by atoms with E-state index < -0.39 is 23.6 Å². The first-order valence-corrected chi connectivity index (χ1v) is 4.71. The predicted octanol–water partition coefficient (Wildman–Crippen LogP) is 0.642. The van der Waals surface area contributed by atoms with E-state index in [-0.39, 0.29) is 12.8 Å². The van der Waals surface area contributed by atoms with Crippen LogP contribution in [0.4, 0.5) is 0 Å². The van der Waals surface area contributed by atoms with Gasteiger partial charge in [-0.1, -0.05) is 0 Å². The molecule has 0 rings (SSSR count). The monoisotopic (exact) mass is 218 g/mol. The fraction of sp³-hybridized carbons (Fsp3) is 0.800. The number of carbonyl (C=O) groups excluding carboxylic acids is 2. The third kappa shape index (κ3) is 7.93. The highest BCUT2D eigenvalue weighted by Gasteiger charge is 2.20. The molecule has 0 amide bonds. The molecule has 0 spiro atoms. The zero-order chi connectivity index (χ0) is 12.1. The number of rotatable bonds is 4. The molecule has 0 radical (unpaired) electrons. The Labute approximate surface area is 89.4 Å². The number of hydrogen-bond donors (Lipinski definition) is 1. The minimum absolute atomic E-state index is 0.199. The van der Waals surface area contributed by atoms with Crippen LogP contribution < -0.4 is 0 Å². The van der Waals surface area contributed by atoms with Gasteiger partial charge in [0, 0.05) is 0 Å². The Morgan fingerprint density at radius 2 is 1.67 bits per heavy atom. The maximum Gasteiger partial charge on any atom is 0.308 e. The molecular weight excluding hydrogens is 200 g/mol. The highest BCUT2D eigenvalue weighted by molar-refractivity contribution is 5.73. The standard InChI is InChI=1S/C10H18O5/c1-10(2,3)15-9(13)6-7(11)5-8(12)14-4/h7,11H,5-6H2,1-4H3/t7-/m1/s1. The van der Waals surface area contributed by atoms with Gasteiger partial charge >= 0.3 is 11.9 Å². The van der Waals surface area contributed by atoms with Crippen molar-refractivity contribution in [2.24, 2.45) is 0 Å². The van der Waals surface area contributed by atoms with Crippen molar-refractivity contribution in [2.75, 3.05) is 7.11 Å². The zero-order valence-electron chi connectivity index (χ0n) is 9.57. The van der Waals surface area contributed by atoms with E-state index in [9.17, 15) is 14.7 Å². The summed E-state index contributed by atoms with van der Waals surface area (Å²) in [4.78, 5) is 22.0. The molecule has 0 aromatic rings. The fourth-order valence-electron chi connectivity index (χ4n) is 0.923. The van der Waals surface area contributed by atoms with Gasteiger partial charge in [-0.15, -0.1) is 0 Å². The molecule has 1 atom stereocenters. The van der Waals surface area contributed by atoms with Gasteiger partial charge < -0.3 is 14.6 Å². The van der Waals surface area contributed by atoms with Crippen molar-refractivity contribution < 1.29 is 24.2 Å². The minimum Gasteiger partial charge on any atom is -0.469 e. The zero-order valence-corrected chi connectivity index (χ0v) is 9.57. The molecule has 0 aromatic carbocycles. The summed E-state index contributed by atoms with van der Waals surface area (Å²) in [6.45, 7) is 5.20. The molecular formula is C10H18O5. The largest absolute Gasteiger partial charge is 0.469 e. The molecule has 5 nitrogen and oxygen atoms in total. The number of methoxy groups -OCH3 is 1. The summed E-state index contributed by atoms with van der Waals surface area (Å²) in [6, 6.07) is 0. The number of aliphatic hydroxyl groups is 1. The van der Waals surface area contributed by atoms with E-state index in [1.165, 1.54) is 7.11 Å². The number of carbonyl (C=O) groups is 2. The quantitative estimate of drug-likeness (QED) is 0.701. The predicted molar refractivity (Wildman–Crippen MR) is 53.1 cm³/mol. The van der Waals surface area contributed by atoms with Crippen LogP contribution in [-0.4, -0.2) is 35.9 Å². The lowest BCUT2D eigenvalue weighted by Crippen LogP contribution is -2.27. The van der Waals surface area contributed by atoms with Crippen molar-refractivity contribution in [1.29, 1.82) is 0 Å². The first-order valence-electron chi connectivity index (χ1n) is 4.71. The smallest absolute Gasteiger partial charge is 0.308 e. The van der Waals surface area contributed by atoms with Crippen molar-refractivity contribution in [3.8, 4) is 0 Å².